The van der Waals surface area contributed by atoms with Gasteiger partial charge < -0.3 is 5.11 Å². The zero-order valence-electron chi connectivity index (χ0n) is 11.4. The van der Waals surface area contributed by atoms with Crippen LogP contribution < -0.4 is 0 Å². The topological polar surface area (TPSA) is 26.7 Å². The average molecular weight is 258 g/mol. The van der Waals surface area contributed by atoms with Gasteiger partial charge in [-0.05, 0) is 55.5 Å². The third-order valence-electron chi connectivity index (χ3n) is 5.23. The van der Waals surface area contributed by atoms with Gasteiger partial charge in [0.2, 0.25) is 0 Å². The van der Waals surface area contributed by atoms with Crippen molar-refractivity contribution >= 4 is 0 Å². The van der Waals surface area contributed by atoms with E-state index in [2.05, 4.69) is 15.9 Å². The Morgan fingerprint density at radius 1 is 1.05 bits per heavy atom. The molecule has 3 aliphatic rings. The molecule has 4 rings (SSSR count). The summed E-state index contributed by atoms with van der Waals surface area (Å²) in [5.74, 6) is 0.417. The van der Waals surface area contributed by atoms with Crippen LogP contribution in [0.25, 0.3) is 0 Å². The molecule has 2 atom stereocenters. The van der Waals surface area contributed by atoms with E-state index in [0.717, 1.165) is 12.5 Å². The minimum Gasteiger partial charge on any atom is -0.508 e. The summed E-state index contributed by atoms with van der Waals surface area (Å²) in [5.41, 5.74) is 2.82. The summed E-state index contributed by atoms with van der Waals surface area (Å²) in [7, 11) is 0. The Hall–Kier alpha value is -1.06. The van der Waals surface area contributed by atoms with E-state index in [1.807, 2.05) is 12.1 Å². The van der Waals surface area contributed by atoms with Crippen LogP contribution in [-0.4, -0.2) is 47.1 Å². The monoisotopic (exact) mass is 258 g/mol. The number of hydrogen-bond acceptors (Lipinski definition) is 3. The smallest absolute Gasteiger partial charge is 0.115 e. The quantitative estimate of drug-likeness (QED) is 0.836. The average Bonchev–Trinajstić information content (AvgIpc) is 3.02. The predicted octanol–water partition coefficient (Wildman–Crippen LogP) is 2.16. The first-order valence-electron chi connectivity index (χ1n) is 7.61. The van der Waals surface area contributed by atoms with E-state index in [9.17, 15) is 5.11 Å². The van der Waals surface area contributed by atoms with Gasteiger partial charge in [0.05, 0.1) is 0 Å². The minimum atomic E-state index is 0.417. The highest BCUT2D eigenvalue weighted by Crippen LogP contribution is 2.39. The largest absolute Gasteiger partial charge is 0.508 e. The number of aryl methyl sites for hydroxylation is 1. The van der Waals surface area contributed by atoms with Crippen LogP contribution in [-0.2, 0) is 6.42 Å². The second kappa shape index (κ2) is 4.50. The standard InChI is InChI=1S/C16H22N2O/c19-14-4-5-15-12(10-14)3-6-16(15)18-9-8-17-7-1-2-13(17)11-18/h4-5,10,13,16,19H,1-3,6-9,11H2. The molecule has 2 heterocycles. The predicted molar refractivity (Wildman–Crippen MR) is 75.3 cm³/mol. The van der Waals surface area contributed by atoms with E-state index < -0.39 is 0 Å². The Morgan fingerprint density at radius 3 is 2.89 bits per heavy atom. The number of rotatable bonds is 1. The van der Waals surface area contributed by atoms with Crippen molar-refractivity contribution in [1.82, 2.24) is 9.80 Å². The van der Waals surface area contributed by atoms with Crippen LogP contribution in [0.3, 0.4) is 0 Å². The summed E-state index contributed by atoms with van der Waals surface area (Å²) in [6.07, 6.45) is 5.12. The highest BCUT2D eigenvalue weighted by Gasteiger charge is 2.36. The minimum absolute atomic E-state index is 0.417. The first-order chi connectivity index (χ1) is 9.31. The molecule has 0 bridgehead atoms. The number of hydrogen-bond donors (Lipinski definition) is 1. The third kappa shape index (κ3) is 1.96. The molecular weight excluding hydrogens is 236 g/mol. The molecule has 1 aromatic carbocycles. The first kappa shape index (κ1) is 11.7. The second-order valence-corrected chi connectivity index (χ2v) is 6.26. The van der Waals surface area contributed by atoms with Crippen LogP contribution in [0.5, 0.6) is 5.75 Å². The number of phenols is 1. The van der Waals surface area contributed by atoms with Crippen molar-refractivity contribution in [2.75, 3.05) is 26.2 Å². The maximum absolute atomic E-state index is 9.60. The molecule has 1 aliphatic carbocycles. The molecule has 0 amide bonds. The van der Waals surface area contributed by atoms with Gasteiger partial charge in [0.1, 0.15) is 5.75 Å². The van der Waals surface area contributed by atoms with Gasteiger partial charge in [-0.1, -0.05) is 6.07 Å². The van der Waals surface area contributed by atoms with E-state index in [1.165, 1.54) is 56.6 Å². The molecule has 1 N–H and O–H groups in total. The molecule has 0 aromatic heterocycles. The highest BCUT2D eigenvalue weighted by atomic mass is 16.3. The van der Waals surface area contributed by atoms with Crippen LogP contribution in [0, 0.1) is 0 Å². The molecule has 102 valence electrons. The van der Waals surface area contributed by atoms with Crippen LogP contribution in [0.2, 0.25) is 0 Å². The first-order valence-corrected chi connectivity index (χ1v) is 7.61. The molecule has 0 spiro atoms. The van der Waals surface area contributed by atoms with Crippen LogP contribution >= 0.6 is 0 Å². The lowest BCUT2D eigenvalue weighted by Crippen LogP contribution is -2.50. The maximum atomic E-state index is 9.60. The number of fused-ring (bicyclic) bond motifs is 2. The van der Waals surface area contributed by atoms with Gasteiger partial charge in [-0.2, -0.15) is 0 Å². The Balaban J connectivity index is 1.55. The van der Waals surface area contributed by atoms with E-state index >= 15 is 0 Å². The molecule has 2 aliphatic heterocycles. The Bertz CT molecular complexity index is 488. The fourth-order valence-electron chi connectivity index (χ4n) is 4.26. The SMILES string of the molecule is Oc1ccc2c(c1)CCC2N1CCN2CCCC2C1. The van der Waals surface area contributed by atoms with Gasteiger partial charge in [0, 0.05) is 31.7 Å². The van der Waals surface area contributed by atoms with Gasteiger partial charge in [-0.25, -0.2) is 0 Å². The van der Waals surface area contributed by atoms with Gasteiger partial charge in [-0.15, -0.1) is 0 Å². The lowest BCUT2D eigenvalue weighted by molar-refractivity contribution is 0.0715. The molecule has 0 saturated carbocycles. The Labute approximate surface area is 114 Å². The fourth-order valence-corrected chi connectivity index (χ4v) is 4.26. The molecule has 3 nitrogen and oxygen atoms in total. The van der Waals surface area contributed by atoms with E-state index in [-0.39, 0.29) is 0 Å². The van der Waals surface area contributed by atoms with E-state index in [0.29, 0.717) is 11.8 Å². The van der Waals surface area contributed by atoms with Crippen LogP contribution in [0.1, 0.15) is 36.4 Å². The molecule has 2 fully saturated rings. The van der Waals surface area contributed by atoms with Crippen molar-refractivity contribution in [3.05, 3.63) is 29.3 Å². The van der Waals surface area contributed by atoms with Crippen LogP contribution in [0.15, 0.2) is 18.2 Å². The van der Waals surface area contributed by atoms with Gasteiger partial charge in [0.25, 0.3) is 0 Å². The summed E-state index contributed by atoms with van der Waals surface area (Å²) < 4.78 is 0. The van der Waals surface area contributed by atoms with Crippen molar-refractivity contribution in [1.29, 1.82) is 0 Å². The molecule has 1 aromatic rings. The number of benzene rings is 1. The van der Waals surface area contributed by atoms with E-state index in [1.54, 1.807) is 0 Å². The van der Waals surface area contributed by atoms with Crippen molar-refractivity contribution in [3.8, 4) is 5.75 Å². The second-order valence-electron chi connectivity index (χ2n) is 6.26. The van der Waals surface area contributed by atoms with Crippen LogP contribution in [0.4, 0.5) is 0 Å². The molecule has 2 saturated heterocycles. The number of aromatic hydroxyl groups is 1. The Morgan fingerprint density at radius 2 is 1.95 bits per heavy atom. The van der Waals surface area contributed by atoms with Crippen molar-refractivity contribution < 1.29 is 5.11 Å². The molecular formula is C16H22N2O. The van der Waals surface area contributed by atoms with Gasteiger partial charge >= 0.3 is 0 Å². The zero-order chi connectivity index (χ0) is 12.8. The number of nitrogens with zero attached hydrogens (tertiary/aromatic N) is 2. The third-order valence-corrected chi connectivity index (χ3v) is 5.23. The van der Waals surface area contributed by atoms with Crippen molar-refractivity contribution in [2.24, 2.45) is 0 Å². The normalized spacial score (nSPS) is 31.4. The van der Waals surface area contributed by atoms with Gasteiger partial charge in [0.15, 0.2) is 0 Å². The lowest BCUT2D eigenvalue weighted by atomic mass is 10.0. The molecule has 3 heteroatoms. The van der Waals surface area contributed by atoms with Crippen molar-refractivity contribution in [3.63, 3.8) is 0 Å². The fraction of sp³-hybridized carbons (Fsp3) is 0.625. The van der Waals surface area contributed by atoms with Crippen molar-refractivity contribution in [2.45, 2.75) is 37.8 Å². The number of piperazine rings is 1. The summed E-state index contributed by atoms with van der Waals surface area (Å²) >= 11 is 0. The zero-order valence-corrected chi connectivity index (χ0v) is 11.4. The van der Waals surface area contributed by atoms with E-state index in [4.69, 9.17) is 0 Å². The Kier molecular flexibility index (Phi) is 2.78. The summed E-state index contributed by atoms with van der Waals surface area (Å²) in [6.45, 7) is 5.01. The van der Waals surface area contributed by atoms with Gasteiger partial charge in [-0.3, -0.25) is 9.80 Å². The molecule has 2 unspecified atom stereocenters. The molecule has 0 radical (unpaired) electrons. The summed E-state index contributed by atoms with van der Waals surface area (Å²) in [5, 5.41) is 9.60. The molecule has 19 heavy (non-hydrogen) atoms. The summed E-state index contributed by atoms with van der Waals surface area (Å²) in [4.78, 5) is 5.36. The number of phenolic OH excluding ortho intramolecular Hbond substituents is 1. The summed E-state index contributed by atoms with van der Waals surface area (Å²) in [6, 6.07) is 7.35. The maximum Gasteiger partial charge on any atom is 0.115 e. The highest BCUT2D eigenvalue weighted by molar-refractivity contribution is 5.40. The lowest BCUT2D eigenvalue weighted by Gasteiger charge is -2.40.